The Hall–Kier alpha value is -1.32. The Morgan fingerprint density at radius 3 is 2.89 bits per heavy atom. The summed E-state index contributed by atoms with van der Waals surface area (Å²) >= 11 is 0. The van der Waals surface area contributed by atoms with Crippen LogP contribution in [0.15, 0.2) is 12.3 Å². The first-order valence-corrected chi connectivity index (χ1v) is 6.94. The minimum absolute atomic E-state index is 0.0362. The number of aryl methyl sites for hydroxylation is 1. The van der Waals surface area contributed by atoms with Crippen LogP contribution in [0, 0.1) is 17.8 Å². The number of fused-ring (bicyclic) bond motifs is 2. The van der Waals surface area contributed by atoms with Crippen LogP contribution in [0.4, 0.5) is 0 Å². The van der Waals surface area contributed by atoms with Crippen LogP contribution >= 0.6 is 0 Å². The van der Waals surface area contributed by atoms with Gasteiger partial charge < -0.3 is 5.32 Å². The Bertz CT molecular complexity index is 454. The van der Waals surface area contributed by atoms with Crippen molar-refractivity contribution in [1.29, 1.82) is 0 Å². The number of amides is 1. The molecule has 4 atom stereocenters. The highest BCUT2D eigenvalue weighted by Crippen LogP contribution is 2.49. The maximum absolute atomic E-state index is 12.0. The van der Waals surface area contributed by atoms with Crippen molar-refractivity contribution in [3.05, 3.63) is 18.0 Å². The highest BCUT2D eigenvalue weighted by Gasteiger charge is 2.42. The molecule has 1 amide bonds. The van der Waals surface area contributed by atoms with E-state index in [-0.39, 0.29) is 11.9 Å². The zero-order valence-corrected chi connectivity index (χ0v) is 11.1. The third-order valence-electron chi connectivity index (χ3n) is 4.74. The first-order valence-electron chi connectivity index (χ1n) is 6.94. The van der Waals surface area contributed by atoms with Crippen LogP contribution in [-0.4, -0.2) is 21.7 Å². The largest absolute Gasteiger partial charge is 0.348 e. The summed E-state index contributed by atoms with van der Waals surface area (Å²) in [5.41, 5.74) is 0.521. The highest BCUT2D eigenvalue weighted by molar-refractivity contribution is 5.92. The molecule has 2 aliphatic carbocycles. The quantitative estimate of drug-likeness (QED) is 0.887. The van der Waals surface area contributed by atoms with Crippen LogP contribution in [0.1, 0.15) is 43.1 Å². The van der Waals surface area contributed by atoms with E-state index in [1.807, 2.05) is 7.05 Å². The lowest BCUT2D eigenvalue weighted by molar-refractivity contribution is 0.0909. The SMILES string of the molecule is C[C@H](NC(=O)c1ccn(C)n1)[C@H]1C[C@H]2CC[C@H]1C2. The maximum atomic E-state index is 12.0. The molecule has 0 unspecified atom stereocenters. The van der Waals surface area contributed by atoms with Gasteiger partial charge in [-0.05, 0) is 50.0 Å². The molecule has 2 saturated carbocycles. The van der Waals surface area contributed by atoms with E-state index in [1.54, 1.807) is 16.9 Å². The second-order valence-electron chi connectivity index (χ2n) is 5.98. The van der Waals surface area contributed by atoms with E-state index >= 15 is 0 Å². The predicted molar refractivity (Wildman–Crippen MR) is 69.1 cm³/mol. The van der Waals surface area contributed by atoms with Crippen LogP contribution in [0.5, 0.6) is 0 Å². The van der Waals surface area contributed by atoms with Gasteiger partial charge in [0.2, 0.25) is 0 Å². The Morgan fingerprint density at radius 2 is 2.33 bits per heavy atom. The topological polar surface area (TPSA) is 46.9 Å². The van der Waals surface area contributed by atoms with E-state index in [2.05, 4.69) is 17.3 Å². The van der Waals surface area contributed by atoms with Crippen LogP contribution in [0.2, 0.25) is 0 Å². The number of hydrogen-bond acceptors (Lipinski definition) is 2. The maximum Gasteiger partial charge on any atom is 0.271 e. The fourth-order valence-electron chi connectivity index (χ4n) is 3.83. The zero-order valence-electron chi connectivity index (χ0n) is 11.1. The number of nitrogens with one attached hydrogen (secondary N) is 1. The molecule has 0 radical (unpaired) electrons. The van der Waals surface area contributed by atoms with Crippen LogP contribution in [0.3, 0.4) is 0 Å². The molecule has 0 spiro atoms. The Labute approximate surface area is 108 Å². The van der Waals surface area contributed by atoms with Crippen molar-refractivity contribution in [2.24, 2.45) is 24.8 Å². The molecule has 0 aliphatic heterocycles. The average Bonchev–Trinajstić information content (AvgIpc) is 3.03. The molecule has 1 aromatic heterocycles. The summed E-state index contributed by atoms with van der Waals surface area (Å²) in [6.45, 7) is 2.15. The van der Waals surface area contributed by atoms with Gasteiger partial charge in [-0.1, -0.05) is 6.42 Å². The van der Waals surface area contributed by atoms with Gasteiger partial charge in [0, 0.05) is 19.3 Å². The fraction of sp³-hybridized carbons (Fsp3) is 0.714. The normalized spacial score (nSPS) is 31.6. The summed E-state index contributed by atoms with van der Waals surface area (Å²) in [4.78, 5) is 12.0. The molecule has 0 aromatic carbocycles. The van der Waals surface area contributed by atoms with Gasteiger partial charge in [-0.25, -0.2) is 0 Å². The molecular weight excluding hydrogens is 226 g/mol. The number of nitrogens with zero attached hydrogens (tertiary/aromatic N) is 2. The molecule has 4 heteroatoms. The van der Waals surface area contributed by atoms with E-state index in [0.717, 1.165) is 11.8 Å². The number of rotatable bonds is 3. The van der Waals surface area contributed by atoms with E-state index in [9.17, 15) is 4.79 Å². The van der Waals surface area contributed by atoms with Crippen molar-refractivity contribution < 1.29 is 4.79 Å². The molecular formula is C14H21N3O. The summed E-state index contributed by atoms with van der Waals surface area (Å²) in [6, 6.07) is 2.04. The van der Waals surface area contributed by atoms with Crippen molar-refractivity contribution in [2.45, 2.75) is 38.6 Å². The lowest BCUT2D eigenvalue weighted by Gasteiger charge is -2.28. The summed E-state index contributed by atoms with van der Waals surface area (Å²) < 4.78 is 1.66. The molecule has 1 aromatic rings. The molecule has 18 heavy (non-hydrogen) atoms. The summed E-state index contributed by atoms with van der Waals surface area (Å²) in [5.74, 6) is 2.41. The van der Waals surface area contributed by atoms with E-state index < -0.39 is 0 Å². The molecule has 98 valence electrons. The predicted octanol–water partition coefficient (Wildman–Crippen LogP) is 1.97. The monoisotopic (exact) mass is 247 g/mol. The first kappa shape index (κ1) is 11.8. The molecule has 2 fully saturated rings. The minimum atomic E-state index is -0.0362. The molecule has 1 heterocycles. The van der Waals surface area contributed by atoms with E-state index in [4.69, 9.17) is 0 Å². The summed E-state index contributed by atoms with van der Waals surface area (Å²) in [7, 11) is 1.83. The Balaban J connectivity index is 1.61. The van der Waals surface area contributed by atoms with Crippen molar-refractivity contribution in [3.63, 3.8) is 0 Å². The molecule has 3 rings (SSSR count). The van der Waals surface area contributed by atoms with Gasteiger partial charge >= 0.3 is 0 Å². The van der Waals surface area contributed by atoms with Gasteiger partial charge in [0.15, 0.2) is 0 Å². The number of hydrogen-bond donors (Lipinski definition) is 1. The second kappa shape index (κ2) is 4.41. The van der Waals surface area contributed by atoms with Gasteiger partial charge in [0.1, 0.15) is 5.69 Å². The fourth-order valence-corrected chi connectivity index (χ4v) is 3.83. The second-order valence-corrected chi connectivity index (χ2v) is 5.98. The highest BCUT2D eigenvalue weighted by atomic mass is 16.2. The van der Waals surface area contributed by atoms with Crippen LogP contribution < -0.4 is 5.32 Å². The Kier molecular flexibility index (Phi) is 2.88. The van der Waals surface area contributed by atoms with Gasteiger partial charge in [-0.15, -0.1) is 0 Å². The van der Waals surface area contributed by atoms with Gasteiger partial charge in [-0.2, -0.15) is 5.10 Å². The van der Waals surface area contributed by atoms with Crippen molar-refractivity contribution >= 4 is 5.91 Å². The standard InChI is InChI=1S/C14H21N3O/c1-9(12-8-10-3-4-11(12)7-10)15-14(18)13-5-6-17(2)16-13/h5-6,9-12H,3-4,7-8H2,1-2H3,(H,15,18)/t9-,10-,11-,12+/m0/s1. The van der Waals surface area contributed by atoms with Crippen LogP contribution in [-0.2, 0) is 7.05 Å². The molecule has 4 nitrogen and oxygen atoms in total. The van der Waals surface area contributed by atoms with Crippen molar-refractivity contribution in [3.8, 4) is 0 Å². The molecule has 2 aliphatic rings. The third kappa shape index (κ3) is 2.04. The van der Waals surface area contributed by atoms with Crippen molar-refractivity contribution in [2.75, 3.05) is 0 Å². The van der Waals surface area contributed by atoms with Crippen LogP contribution in [0.25, 0.3) is 0 Å². The summed E-state index contributed by atoms with van der Waals surface area (Å²) in [5, 5.41) is 7.26. The third-order valence-corrected chi connectivity index (χ3v) is 4.74. The minimum Gasteiger partial charge on any atom is -0.348 e. The average molecular weight is 247 g/mol. The smallest absolute Gasteiger partial charge is 0.271 e. The first-order chi connectivity index (χ1) is 8.63. The molecule has 1 N–H and O–H groups in total. The van der Waals surface area contributed by atoms with Gasteiger partial charge in [0.05, 0.1) is 0 Å². The van der Waals surface area contributed by atoms with Crippen molar-refractivity contribution in [1.82, 2.24) is 15.1 Å². The van der Waals surface area contributed by atoms with Gasteiger partial charge in [0.25, 0.3) is 5.91 Å². The van der Waals surface area contributed by atoms with E-state index in [0.29, 0.717) is 11.6 Å². The molecule has 2 bridgehead atoms. The number of carbonyl (C=O) groups excluding carboxylic acids is 1. The zero-order chi connectivity index (χ0) is 12.7. The summed E-state index contributed by atoms with van der Waals surface area (Å²) in [6.07, 6.45) is 7.25. The number of carbonyl (C=O) groups is 1. The lowest BCUT2D eigenvalue weighted by Crippen LogP contribution is -2.40. The van der Waals surface area contributed by atoms with E-state index in [1.165, 1.54) is 25.7 Å². The number of aromatic nitrogens is 2. The Morgan fingerprint density at radius 1 is 1.50 bits per heavy atom. The lowest BCUT2D eigenvalue weighted by atomic mass is 9.84. The van der Waals surface area contributed by atoms with Gasteiger partial charge in [-0.3, -0.25) is 9.48 Å². The molecule has 0 saturated heterocycles.